The first-order valence-electron chi connectivity index (χ1n) is 5.34. The van der Waals surface area contributed by atoms with E-state index in [-0.39, 0.29) is 0 Å². The van der Waals surface area contributed by atoms with Crippen LogP contribution < -0.4 is 5.43 Å². The van der Waals surface area contributed by atoms with Crippen molar-refractivity contribution >= 4 is 11.6 Å². The summed E-state index contributed by atoms with van der Waals surface area (Å²) in [6.45, 7) is 0. The van der Waals surface area contributed by atoms with Gasteiger partial charge in [0.25, 0.3) is 0 Å². The first-order chi connectivity index (χ1) is 7.15. The summed E-state index contributed by atoms with van der Waals surface area (Å²) in [7, 11) is 4.07. The van der Waals surface area contributed by atoms with Crippen LogP contribution in [0.2, 0.25) is 5.02 Å². The van der Waals surface area contributed by atoms with Crippen molar-refractivity contribution in [3.8, 4) is 0 Å². The van der Waals surface area contributed by atoms with Crippen LogP contribution in [0.25, 0.3) is 0 Å². The second-order valence-electron chi connectivity index (χ2n) is 4.44. The first-order valence-corrected chi connectivity index (χ1v) is 5.72. The quantitative estimate of drug-likeness (QED) is 0.795. The summed E-state index contributed by atoms with van der Waals surface area (Å²) in [5.74, 6) is 0.708. The second kappa shape index (κ2) is 4.52. The van der Waals surface area contributed by atoms with Crippen LogP contribution in [-0.2, 0) is 0 Å². The fraction of sp³-hybridized carbons (Fsp3) is 0.500. The van der Waals surface area contributed by atoms with Gasteiger partial charge >= 0.3 is 0 Å². The van der Waals surface area contributed by atoms with Crippen LogP contribution in [0.15, 0.2) is 24.3 Å². The molecule has 0 atom stereocenters. The Kier molecular flexibility index (Phi) is 3.29. The summed E-state index contributed by atoms with van der Waals surface area (Å²) < 4.78 is 0. The maximum absolute atomic E-state index is 5.86. The predicted molar refractivity (Wildman–Crippen MR) is 64.0 cm³/mol. The first kappa shape index (κ1) is 10.9. The van der Waals surface area contributed by atoms with Gasteiger partial charge in [0, 0.05) is 25.2 Å². The molecule has 0 saturated heterocycles. The number of nitrogens with zero attached hydrogens (tertiary/aromatic N) is 1. The Bertz CT molecular complexity index is 315. The van der Waals surface area contributed by atoms with Crippen molar-refractivity contribution in [1.29, 1.82) is 0 Å². The van der Waals surface area contributed by atoms with Gasteiger partial charge < -0.3 is 0 Å². The fourth-order valence-corrected chi connectivity index (χ4v) is 2.22. The van der Waals surface area contributed by atoms with Crippen molar-refractivity contribution in [3.05, 3.63) is 34.9 Å². The molecule has 1 saturated carbocycles. The molecule has 0 heterocycles. The van der Waals surface area contributed by atoms with E-state index >= 15 is 0 Å². The lowest BCUT2D eigenvalue weighted by atomic mass is 9.76. The van der Waals surface area contributed by atoms with Crippen LogP contribution in [0.1, 0.15) is 24.3 Å². The Morgan fingerprint density at radius 2 is 1.80 bits per heavy atom. The minimum atomic E-state index is 0.640. The van der Waals surface area contributed by atoms with Gasteiger partial charge in [-0.25, -0.2) is 0 Å². The third-order valence-corrected chi connectivity index (χ3v) is 3.17. The SMILES string of the molecule is CN(C)NC1CC(c2ccc(Cl)cc2)C1. The number of nitrogens with one attached hydrogen (secondary N) is 1. The molecule has 0 amide bonds. The molecule has 3 heteroatoms. The molecule has 0 spiro atoms. The van der Waals surface area contributed by atoms with Crippen LogP contribution >= 0.6 is 11.6 Å². The predicted octanol–water partition coefficient (Wildman–Crippen LogP) is 2.65. The summed E-state index contributed by atoms with van der Waals surface area (Å²) in [5.41, 5.74) is 4.81. The van der Waals surface area contributed by atoms with Crippen molar-refractivity contribution < 1.29 is 0 Å². The van der Waals surface area contributed by atoms with Gasteiger partial charge in [-0.05, 0) is 36.5 Å². The molecular formula is C12H17ClN2. The average Bonchev–Trinajstić information content (AvgIpc) is 2.12. The summed E-state index contributed by atoms with van der Waals surface area (Å²) in [4.78, 5) is 0. The number of hydrogen-bond acceptors (Lipinski definition) is 2. The van der Waals surface area contributed by atoms with Crippen LogP contribution in [0.3, 0.4) is 0 Å². The molecule has 0 radical (unpaired) electrons. The van der Waals surface area contributed by atoms with Gasteiger partial charge in [0.1, 0.15) is 0 Å². The van der Waals surface area contributed by atoms with Crippen LogP contribution in [-0.4, -0.2) is 25.1 Å². The smallest absolute Gasteiger partial charge is 0.0406 e. The van der Waals surface area contributed by atoms with Crippen molar-refractivity contribution in [2.24, 2.45) is 0 Å². The van der Waals surface area contributed by atoms with Gasteiger partial charge in [-0.1, -0.05) is 23.7 Å². The van der Waals surface area contributed by atoms with E-state index in [1.54, 1.807) is 0 Å². The highest BCUT2D eigenvalue weighted by Gasteiger charge is 2.30. The van der Waals surface area contributed by atoms with E-state index in [4.69, 9.17) is 11.6 Å². The van der Waals surface area contributed by atoms with Gasteiger partial charge in [0.05, 0.1) is 0 Å². The molecule has 1 aromatic carbocycles. The molecule has 1 aliphatic rings. The monoisotopic (exact) mass is 224 g/mol. The van der Waals surface area contributed by atoms with E-state index in [0.29, 0.717) is 12.0 Å². The molecule has 0 unspecified atom stereocenters. The summed E-state index contributed by atoms with van der Waals surface area (Å²) >= 11 is 5.86. The van der Waals surface area contributed by atoms with E-state index in [9.17, 15) is 0 Å². The number of hydrogen-bond donors (Lipinski definition) is 1. The minimum Gasteiger partial charge on any atom is -0.253 e. The van der Waals surface area contributed by atoms with Crippen LogP contribution in [0.4, 0.5) is 0 Å². The molecule has 2 rings (SSSR count). The molecule has 0 aromatic heterocycles. The maximum Gasteiger partial charge on any atom is 0.0406 e. The lowest BCUT2D eigenvalue weighted by Gasteiger charge is -2.38. The fourth-order valence-electron chi connectivity index (χ4n) is 2.10. The second-order valence-corrected chi connectivity index (χ2v) is 4.88. The molecule has 82 valence electrons. The number of rotatable bonds is 3. The standard InChI is InChI=1S/C12H17ClN2/c1-15(2)14-12-7-10(8-12)9-3-5-11(13)6-4-9/h3-6,10,12,14H,7-8H2,1-2H3. The average molecular weight is 225 g/mol. The molecule has 0 bridgehead atoms. The zero-order valence-electron chi connectivity index (χ0n) is 9.20. The largest absolute Gasteiger partial charge is 0.253 e. The van der Waals surface area contributed by atoms with E-state index in [1.807, 2.05) is 31.2 Å². The van der Waals surface area contributed by atoms with Crippen LogP contribution in [0.5, 0.6) is 0 Å². The summed E-state index contributed by atoms with van der Waals surface area (Å²) in [5, 5.41) is 2.85. The third kappa shape index (κ3) is 2.71. The highest BCUT2D eigenvalue weighted by molar-refractivity contribution is 6.30. The summed E-state index contributed by atoms with van der Waals surface area (Å²) in [6, 6.07) is 8.87. The number of hydrazine groups is 1. The zero-order valence-corrected chi connectivity index (χ0v) is 9.96. The number of benzene rings is 1. The van der Waals surface area contributed by atoms with Gasteiger partial charge in [-0.2, -0.15) is 0 Å². The van der Waals surface area contributed by atoms with E-state index in [0.717, 1.165) is 5.02 Å². The minimum absolute atomic E-state index is 0.640. The van der Waals surface area contributed by atoms with E-state index in [1.165, 1.54) is 18.4 Å². The Hall–Kier alpha value is -0.570. The third-order valence-electron chi connectivity index (χ3n) is 2.92. The van der Waals surface area contributed by atoms with Crippen molar-refractivity contribution in [2.75, 3.05) is 14.1 Å². The lowest BCUT2D eigenvalue weighted by molar-refractivity contribution is 0.165. The summed E-state index contributed by atoms with van der Waals surface area (Å²) in [6.07, 6.45) is 2.44. The zero-order chi connectivity index (χ0) is 10.8. The van der Waals surface area contributed by atoms with E-state index < -0.39 is 0 Å². The molecule has 0 aliphatic heterocycles. The van der Waals surface area contributed by atoms with Gasteiger partial charge in [-0.15, -0.1) is 0 Å². The van der Waals surface area contributed by atoms with Gasteiger partial charge in [-0.3, -0.25) is 10.4 Å². The molecule has 1 aliphatic carbocycles. The lowest BCUT2D eigenvalue weighted by Crippen LogP contribution is -2.46. The highest BCUT2D eigenvalue weighted by Crippen LogP contribution is 2.37. The Labute approximate surface area is 96.2 Å². The van der Waals surface area contributed by atoms with Crippen molar-refractivity contribution in [3.63, 3.8) is 0 Å². The Balaban J connectivity index is 1.86. The van der Waals surface area contributed by atoms with Gasteiger partial charge in [0.2, 0.25) is 0 Å². The van der Waals surface area contributed by atoms with Crippen LogP contribution in [0, 0.1) is 0 Å². The number of halogens is 1. The molecule has 1 N–H and O–H groups in total. The molecule has 1 fully saturated rings. The maximum atomic E-state index is 5.86. The topological polar surface area (TPSA) is 15.3 Å². The van der Waals surface area contributed by atoms with Gasteiger partial charge in [0.15, 0.2) is 0 Å². The Morgan fingerprint density at radius 3 is 2.33 bits per heavy atom. The van der Waals surface area contributed by atoms with E-state index in [2.05, 4.69) is 17.6 Å². The highest BCUT2D eigenvalue weighted by atomic mass is 35.5. The Morgan fingerprint density at radius 1 is 1.20 bits per heavy atom. The molecular weight excluding hydrogens is 208 g/mol. The normalized spacial score (nSPS) is 25.3. The molecule has 1 aromatic rings. The van der Waals surface area contributed by atoms with Crippen molar-refractivity contribution in [1.82, 2.24) is 10.4 Å². The molecule has 2 nitrogen and oxygen atoms in total. The molecule has 15 heavy (non-hydrogen) atoms. The van der Waals surface area contributed by atoms with Crippen molar-refractivity contribution in [2.45, 2.75) is 24.8 Å².